The maximum Gasteiger partial charge on any atom is 0.246 e. The zero-order valence-corrected chi connectivity index (χ0v) is 23.8. The van der Waals surface area contributed by atoms with Crippen molar-refractivity contribution in [3.05, 3.63) is 70.7 Å². The number of likely N-dealkylation sites (tertiary alicyclic amines) is 1. The summed E-state index contributed by atoms with van der Waals surface area (Å²) < 4.78 is 11.5. The molecule has 6 heteroatoms. The van der Waals surface area contributed by atoms with Crippen LogP contribution in [0.15, 0.2) is 53.5 Å². The maximum atomic E-state index is 13.9. The molecule has 1 N–H and O–H groups in total. The van der Waals surface area contributed by atoms with Crippen LogP contribution in [0, 0.1) is 12.8 Å². The van der Waals surface area contributed by atoms with Crippen LogP contribution in [-0.2, 0) is 22.6 Å². The zero-order valence-electron chi connectivity index (χ0n) is 23.8. The van der Waals surface area contributed by atoms with E-state index < -0.39 is 0 Å². The highest BCUT2D eigenvalue weighted by Gasteiger charge is 2.42. The molecule has 6 nitrogen and oxygen atoms in total. The molecule has 1 fully saturated rings. The first kappa shape index (κ1) is 25.7. The van der Waals surface area contributed by atoms with Gasteiger partial charge in [0.25, 0.3) is 0 Å². The van der Waals surface area contributed by atoms with E-state index in [1.54, 1.807) is 7.11 Å². The molecule has 3 aliphatic heterocycles. The van der Waals surface area contributed by atoms with Crippen molar-refractivity contribution in [3.8, 4) is 16.9 Å². The molecule has 0 spiro atoms. The van der Waals surface area contributed by atoms with E-state index in [1.807, 2.05) is 0 Å². The molecule has 2 aromatic rings. The Labute approximate surface area is 231 Å². The summed E-state index contributed by atoms with van der Waals surface area (Å²) in [5.41, 5.74) is 11.3. The Balaban J connectivity index is 1.27. The maximum absolute atomic E-state index is 13.9. The van der Waals surface area contributed by atoms with Crippen molar-refractivity contribution in [3.63, 3.8) is 0 Å². The number of hydrogen-bond donors (Lipinski definition) is 1. The van der Waals surface area contributed by atoms with Crippen LogP contribution in [-0.4, -0.2) is 41.8 Å². The number of rotatable bonds is 6. The Kier molecular flexibility index (Phi) is 6.52. The fraction of sp³-hybridized carbons (Fsp3) is 0.455. The van der Waals surface area contributed by atoms with Crippen LogP contribution in [0.2, 0.25) is 0 Å². The molecule has 0 bridgehead atoms. The lowest BCUT2D eigenvalue weighted by molar-refractivity contribution is -0.136. The van der Waals surface area contributed by atoms with Gasteiger partial charge in [0.1, 0.15) is 18.4 Å². The number of ether oxygens (including phenoxy) is 2. The number of aliphatic imine (C=N–C) groups is 1. The third-order valence-corrected chi connectivity index (χ3v) is 8.88. The van der Waals surface area contributed by atoms with Gasteiger partial charge in [-0.3, -0.25) is 9.79 Å². The Morgan fingerprint density at radius 1 is 1.13 bits per heavy atom. The summed E-state index contributed by atoms with van der Waals surface area (Å²) in [7, 11) is 1.57. The van der Waals surface area contributed by atoms with E-state index in [-0.39, 0.29) is 30.0 Å². The average molecular weight is 526 g/mol. The molecule has 0 radical (unpaired) electrons. The molecule has 0 aromatic heterocycles. The van der Waals surface area contributed by atoms with Crippen LogP contribution in [0.4, 0.5) is 0 Å². The van der Waals surface area contributed by atoms with Gasteiger partial charge in [-0.25, -0.2) is 0 Å². The Morgan fingerprint density at radius 3 is 2.72 bits per heavy atom. The van der Waals surface area contributed by atoms with E-state index in [1.165, 1.54) is 44.7 Å². The van der Waals surface area contributed by atoms with Crippen LogP contribution >= 0.6 is 0 Å². The lowest BCUT2D eigenvalue weighted by atomic mass is 9.83. The first-order chi connectivity index (χ1) is 18.7. The number of nitrogens with one attached hydrogen (secondary N) is 1. The SMILES string of the molecule is C=C(N[C@H](C(=O)N1[C@@H](C)CC[C@H]1C1=NC2=C(C1)c1cc3c(cc1CC2)-c1ccc(C)cc1CO3)C(C)C)OC. The minimum atomic E-state index is -0.388. The molecule has 1 saturated heterocycles. The van der Waals surface area contributed by atoms with Crippen molar-refractivity contribution in [2.24, 2.45) is 10.9 Å². The van der Waals surface area contributed by atoms with Gasteiger partial charge in [-0.15, -0.1) is 0 Å². The summed E-state index contributed by atoms with van der Waals surface area (Å²) in [5.74, 6) is 1.58. The third-order valence-electron chi connectivity index (χ3n) is 8.88. The van der Waals surface area contributed by atoms with Crippen molar-refractivity contribution in [1.29, 1.82) is 0 Å². The van der Waals surface area contributed by atoms with Crippen LogP contribution < -0.4 is 10.1 Å². The van der Waals surface area contributed by atoms with E-state index in [9.17, 15) is 4.79 Å². The highest BCUT2D eigenvalue weighted by molar-refractivity contribution is 6.05. The monoisotopic (exact) mass is 525 g/mol. The molecular formula is C33H39N3O3. The molecule has 0 unspecified atom stereocenters. The summed E-state index contributed by atoms with van der Waals surface area (Å²) in [4.78, 5) is 21.2. The van der Waals surface area contributed by atoms with Crippen molar-refractivity contribution < 1.29 is 14.3 Å². The summed E-state index contributed by atoms with van der Waals surface area (Å²) in [6, 6.07) is 11.0. The largest absolute Gasteiger partial charge is 0.488 e. The normalized spacial score (nSPS) is 21.9. The third kappa shape index (κ3) is 4.44. The average Bonchev–Trinajstić information content (AvgIpc) is 3.53. The highest BCUT2D eigenvalue weighted by atomic mass is 16.5. The molecule has 6 rings (SSSR count). The minimum absolute atomic E-state index is 0.0180. The number of carbonyl (C=O) groups excluding carboxylic acids is 1. The number of aryl methyl sites for hydroxylation is 2. The van der Waals surface area contributed by atoms with Crippen molar-refractivity contribution in [1.82, 2.24) is 10.2 Å². The second-order valence-corrected chi connectivity index (χ2v) is 11.8. The minimum Gasteiger partial charge on any atom is -0.488 e. The van der Waals surface area contributed by atoms with Gasteiger partial charge in [0.15, 0.2) is 5.88 Å². The lowest BCUT2D eigenvalue weighted by Crippen LogP contribution is -2.54. The second-order valence-electron chi connectivity index (χ2n) is 11.8. The van der Waals surface area contributed by atoms with Gasteiger partial charge in [-0.1, -0.05) is 37.6 Å². The van der Waals surface area contributed by atoms with Gasteiger partial charge in [0.2, 0.25) is 5.91 Å². The molecule has 0 saturated carbocycles. The standard InChI is InChI=1S/C33H39N3O3/c1-18(2)32(34-21(5)38-6)33(37)36-20(4)8-12-30(36)29-15-26-25-16-31-27(14-22(25)9-11-28(26)35-29)24-10-7-19(3)13-23(24)17-39-31/h7,10,13-14,16,18,20,30,32,34H,5,8-9,11-12,15,17H2,1-4,6H3/t20-,30-,32-/m0/s1. The van der Waals surface area contributed by atoms with Crippen LogP contribution in [0.1, 0.15) is 68.7 Å². The molecule has 3 heterocycles. The smallest absolute Gasteiger partial charge is 0.246 e. The topological polar surface area (TPSA) is 63.2 Å². The van der Waals surface area contributed by atoms with Crippen LogP contribution in [0.25, 0.3) is 16.7 Å². The van der Waals surface area contributed by atoms with Gasteiger partial charge < -0.3 is 19.7 Å². The summed E-state index contributed by atoms with van der Waals surface area (Å²) >= 11 is 0. The van der Waals surface area contributed by atoms with E-state index >= 15 is 0 Å². The number of hydrogen-bond acceptors (Lipinski definition) is 5. The van der Waals surface area contributed by atoms with Gasteiger partial charge in [-0.05, 0) is 92.0 Å². The number of fused-ring (bicyclic) bond motifs is 5. The summed E-state index contributed by atoms with van der Waals surface area (Å²) in [5, 5.41) is 3.20. The molecule has 1 amide bonds. The quantitative estimate of drug-likeness (QED) is 0.459. The predicted molar refractivity (Wildman–Crippen MR) is 155 cm³/mol. The van der Waals surface area contributed by atoms with Crippen molar-refractivity contribution in [2.75, 3.05) is 7.11 Å². The molecular weight excluding hydrogens is 486 g/mol. The molecule has 4 aliphatic rings. The van der Waals surface area contributed by atoms with Gasteiger partial charge in [-0.2, -0.15) is 0 Å². The fourth-order valence-electron chi connectivity index (χ4n) is 6.76. The first-order valence-electron chi connectivity index (χ1n) is 14.3. The number of benzene rings is 2. The number of amides is 1. The number of allylic oxidation sites excluding steroid dienone is 2. The molecule has 3 atom stereocenters. The van der Waals surface area contributed by atoms with E-state index in [0.717, 1.165) is 43.6 Å². The Bertz CT molecular complexity index is 1420. The van der Waals surface area contributed by atoms with E-state index in [4.69, 9.17) is 14.5 Å². The molecule has 1 aliphatic carbocycles. The molecule has 204 valence electrons. The summed E-state index contributed by atoms with van der Waals surface area (Å²) in [6.07, 6.45) is 4.63. The van der Waals surface area contributed by atoms with Crippen LogP contribution in [0.3, 0.4) is 0 Å². The van der Waals surface area contributed by atoms with Gasteiger partial charge in [0.05, 0.1) is 13.2 Å². The van der Waals surface area contributed by atoms with Gasteiger partial charge >= 0.3 is 0 Å². The van der Waals surface area contributed by atoms with E-state index in [2.05, 4.69) is 74.8 Å². The lowest BCUT2D eigenvalue weighted by Gasteiger charge is -2.34. The Hall–Kier alpha value is -3.54. The molecule has 39 heavy (non-hydrogen) atoms. The first-order valence-corrected chi connectivity index (χ1v) is 14.3. The summed E-state index contributed by atoms with van der Waals surface area (Å²) in [6.45, 7) is 12.9. The number of carbonyl (C=O) groups is 1. The molecule has 2 aromatic carbocycles. The highest BCUT2D eigenvalue weighted by Crippen LogP contribution is 2.46. The van der Waals surface area contributed by atoms with Crippen LogP contribution in [0.5, 0.6) is 5.75 Å². The van der Waals surface area contributed by atoms with E-state index in [0.29, 0.717) is 12.5 Å². The number of methoxy groups -OCH3 is 1. The Morgan fingerprint density at radius 2 is 1.95 bits per heavy atom. The van der Waals surface area contributed by atoms with Gasteiger partial charge in [0, 0.05) is 29.4 Å². The number of nitrogens with zero attached hydrogens (tertiary/aromatic N) is 2. The van der Waals surface area contributed by atoms with Crippen molar-refractivity contribution >= 4 is 17.2 Å². The fourth-order valence-corrected chi connectivity index (χ4v) is 6.76. The second kappa shape index (κ2) is 9.89. The van der Waals surface area contributed by atoms with Crippen molar-refractivity contribution in [2.45, 2.75) is 84.5 Å². The zero-order chi connectivity index (χ0) is 27.4. The predicted octanol–water partition coefficient (Wildman–Crippen LogP) is 6.17.